The molecule has 0 atom stereocenters. The van der Waals surface area contributed by atoms with Gasteiger partial charge in [-0.1, -0.05) is 12.1 Å². The number of hydrogen-bond acceptors (Lipinski definition) is 3. The molecule has 0 amide bonds. The smallest absolute Gasteiger partial charge is 0.222 e. The van der Waals surface area contributed by atoms with Gasteiger partial charge in [0.1, 0.15) is 6.29 Å². The second kappa shape index (κ2) is 9.06. The summed E-state index contributed by atoms with van der Waals surface area (Å²) in [7, 11) is 1.69. The van der Waals surface area contributed by atoms with Crippen LogP contribution >= 0.6 is 0 Å². The van der Waals surface area contributed by atoms with Crippen LogP contribution in [0.15, 0.2) is 45.5 Å². The van der Waals surface area contributed by atoms with Crippen LogP contribution in [0.4, 0.5) is 5.69 Å². The number of hydrogen-bond donors (Lipinski definition) is 1. The summed E-state index contributed by atoms with van der Waals surface area (Å²) in [5, 5.41) is 3.21. The second-order valence-electron chi connectivity index (χ2n) is 6.44. The first-order chi connectivity index (χ1) is 11.7. The Morgan fingerprint density at radius 1 is 1.20 bits per heavy atom. The van der Waals surface area contributed by atoms with Crippen molar-refractivity contribution in [1.29, 1.82) is 0 Å². The number of guanidine groups is 1. The second-order valence-corrected chi connectivity index (χ2v) is 6.44. The number of allylic oxidation sites excluding steroid dienone is 1. The summed E-state index contributed by atoms with van der Waals surface area (Å²) in [5.74, 6) is 0.509. The number of carbonyl (C=O) groups excluding carboxylic acids is 1. The number of nitrogens with zero attached hydrogens (tertiary/aromatic N) is 3. The van der Waals surface area contributed by atoms with E-state index >= 15 is 0 Å². The normalized spacial score (nSPS) is 14.1. The minimum absolute atomic E-state index is 0.501. The zero-order chi connectivity index (χ0) is 19.0. The Labute approximate surface area is 150 Å². The van der Waals surface area contributed by atoms with E-state index in [1.54, 1.807) is 13.2 Å². The van der Waals surface area contributed by atoms with Gasteiger partial charge < -0.3 is 10.1 Å². The first-order valence-corrected chi connectivity index (χ1v) is 8.27. The van der Waals surface area contributed by atoms with Crippen LogP contribution in [0.25, 0.3) is 0 Å². The van der Waals surface area contributed by atoms with Crippen molar-refractivity contribution in [1.82, 2.24) is 0 Å². The summed E-state index contributed by atoms with van der Waals surface area (Å²) in [6.45, 7) is 11.5. The van der Waals surface area contributed by atoms with Crippen LogP contribution < -0.4 is 5.32 Å². The highest BCUT2D eigenvalue weighted by atomic mass is 16.1. The number of aryl methyl sites for hydroxylation is 1. The van der Waals surface area contributed by atoms with Crippen LogP contribution in [-0.2, 0) is 10.2 Å². The van der Waals surface area contributed by atoms with Crippen molar-refractivity contribution in [3.63, 3.8) is 0 Å². The quantitative estimate of drug-likeness (QED) is 0.493. The molecule has 0 saturated heterocycles. The number of nitrogens with one attached hydrogen (secondary N) is 1. The van der Waals surface area contributed by atoms with Gasteiger partial charge in [0.15, 0.2) is 0 Å². The fourth-order valence-electron chi connectivity index (χ4n) is 2.31. The molecule has 1 aromatic rings. The Morgan fingerprint density at radius 2 is 1.88 bits per heavy atom. The summed E-state index contributed by atoms with van der Waals surface area (Å²) in [6, 6.07) is 5.90. The fourth-order valence-corrected chi connectivity index (χ4v) is 2.31. The van der Waals surface area contributed by atoms with Gasteiger partial charge in [0.2, 0.25) is 5.96 Å². The molecular formula is C20H28N4O. The van der Waals surface area contributed by atoms with Crippen molar-refractivity contribution in [3.8, 4) is 0 Å². The molecule has 0 bridgehead atoms. The molecule has 1 N–H and O–H groups in total. The number of carbonyl (C=O) groups is 1. The van der Waals surface area contributed by atoms with E-state index in [-0.39, 0.29) is 0 Å². The largest absolute Gasteiger partial charge is 0.324 e. The SMILES string of the molecule is C\C=C/N=C(C)\C(C)=N\C(=N/C)Nc1ccc(C(C)(C)C=O)c(C)c1. The average molecular weight is 340 g/mol. The molecule has 0 heterocycles. The van der Waals surface area contributed by atoms with Gasteiger partial charge in [-0.3, -0.25) is 9.98 Å². The van der Waals surface area contributed by atoms with Crippen LogP contribution in [0.1, 0.15) is 45.7 Å². The van der Waals surface area contributed by atoms with Crippen molar-refractivity contribution in [3.05, 3.63) is 41.6 Å². The highest BCUT2D eigenvalue weighted by molar-refractivity contribution is 6.42. The Kier molecular flexibility index (Phi) is 7.43. The van der Waals surface area contributed by atoms with Crippen LogP contribution in [0.2, 0.25) is 0 Å². The molecule has 0 fully saturated rings. The molecule has 0 spiro atoms. The molecule has 134 valence electrons. The highest BCUT2D eigenvalue weighted by Gasteiger charge is 2.21. The zero-order valence-corrected chi connectivity index (χ0v) is 16.2. The molecule has 1 rings (SSSR count). The first kappa shape index (κ1) is 20.5. The number of aldehydes is 1. The maximum atomic E-state index is 11.3. The maximum Gasteiger partial charge on any atom is 0.222 e. The third kappa shape index (κ3) is 5.78. The minimum atomic E-state index is -0.501. The van der Waals surface area contributed by atoms with Gasteiger partial charge in [-0.25, -0.2) is 4.99 Å². The van der Waals surface area contributed by atoms with Gasteiger partial charge in [-0.05, 0) is 64.8 Å². The van der Waals surface area contributed by atoms with E-state index in [0.717, 1.165) is 34.5 Å². The van der Waals surface area contributed by atoms with Gasteiger partial charge >= 0.3 is 0 Å². The van der Waals surface area contributed by atoms with E-state index < -0.39 is 5.41 Å². The lowest BCUT2D eigenvalue weighted by atomic mass is 9.83. The molecule has 5 nitrogen and oxygen atoms in total. The molecule has 0 aliphatic carbocycles. The topological polar surface area (TPSA) is 66.2 Å². The Morgan fingerprint density at radius 3 is 2.40 bits per heavy atom. The fraction of sp³-hybridized carbons (Fsp3) is 0.400. The standard InChI is InChI=1S/C20H28N4O/c1-8-11-22-15(3)16(4)23-19(21-7)24-17-9-10-18(14(2)12-17)20(5,6)13-25/h8-13H,1-7H3,(H,21,24)/b11-8-,22-15-,23-16+. The van der Waals surface area contributed by atoms with E-state index in [1.807, 2.05) is 65.8 Å². The number of aliphatic imine (C=N–C) groups is 3. The van der Waals surface area contributed by atoms with E-state index in [4.69, 9.17) is 0 Å². The predicted molar refractivity (Wildman–Crippen MR) is 108 cm³/mol. The third-order valence-corrected chi connectivity index (χ3v) is 3.90. The van der Waals surface area contributed by atoms with Crippen LogP contribution in [0, 0.1) is 6.92 Å². The number of anilines is 1. The molecule has 0 saturated carbocycles. The average Bonchev–Trinajstić information content (AvgIpc) is 2.58. The lowest BCUT2D eigenvalue weighted by Gasteiger charge is -2.21. The van der Waals surface area contributed by atoms with Crippen molar-refractivity contribution in [2.75, 3.05) is 12.4 Å². The molecule has 0 aliphatic heterocycles. The van der Waals surface area contributed by atoms with Gasteiger partial charge in [0, 0.05) is 24.4 Å². The molecule has 0 radical (unpaired) electrons. The van der Waals surface area contributed by atoms with Crippen molar-refractivity contribution in [2.24, 2.45) is 15.0 Å². The summed E-state index contributed by atoms with van der Waals surface area (Å²) >= 11 is 0. The van der Waals surface area contributed by atoms with E-state index in [0.29, 0.717) is 5.96 Å². The van der Waals surface area contributed by atoms with Gasteiger partial charge in [0.25, 0.3) is 0 Å². The van der Waals surface area contributed by atoms with E-state index in [1.165, 1.54) is 0 Å². The molecule has 1 aromatic carbocycles. The highest BCUT2D eigenvalue weighted by Crippen LogP contribution is 2.26. The molecule has 0 aliphatic rings. The first-order valence-electron chi connectivity index (χ1n) is 8.27. The van der Waals surface area contributed by atoms with Crippen LogP contribution in [0.5, 0.6) is 0 Å². The summed E-state index contributed by atoms with van der Waals surface area (Å²) in [5.41, 5.74) is 4.06. The third-order valence-electron chi connectivity index (χ3n) is 3.90. The Balaban J connectivity index is 3.04. The zero-order valence-electron chi connectivity index (χ0n) is 16.2. The molecular weight excluding hydrogens is 312 g/mol. The Bertz CT molecular complexity index is 740. The van der Waals surface area contributed by atoms with Gasteiger partial charge in [-0.2, -0.15) is 0 Å². The van der Waals surface area contributed by atoms with Gasteiger partial charge in [0.05, 0.1) is 11.4 Å². The number of benzene rings is 1. The summed E-state index contributed by atoms with van der Waals surface area (Å²) in [6.07, 6.45) is 4.58. The maximum absolute atomic E-state index is 11.3. The Hall–Kier alpha value is -2.56. The van der Waals surface area contributed by atoms with Crippen molar-refractivity contribution < 1.29 is 4.79 Å². The van der Waals surface area contributed by atoms with Crippen molar-refractivity contribution in [2.45, 2.75) is 47.0 Å². The summed E-state index contributed by atoms with van der Waals surface area (Å²) in [4.78, 5) is 24.3. The van der Waals surface area contributed by atoms with Gasteiger partial charge in [-0.15, -0.1) is 0 Å². The van der Waals surface area contributed by atoms with E-state index in [9.17, 15) is 4.79 Å². The lowest BCUT2D eigenvalue weighted by Crippen LogP contribution is -2.20. The number of rotatable bonds is 5. The minimum Gasteiger partial charge on any atom is -0.324 e. The van der Waals surface area contributed by atoms with E-state index in [2.05, 4.69) is 20.3 Å². The van der Waals surface area contributed by atoms with Crippen LogP contribution in [0.3, 0.4) is 0 Å². The monoisotopic (exact) mass is 340 g/mol. The molecule has 25 heavy (non-hydrogen) atoms. The lowest BCUT2D eigenvalue weighted by molar-refractivity contribution is -0.111. The van der Waals surface area contributed by atoms with Crippen LogP contribution in [-0.4, -0.2) is 30.7 Å². The molecule has 0 unspecified atom stereocenters. The molecule has 5 heteroatoms. The van der Waals surface area contributed by atoms with Crippen molar-refractivity contribution >= 4 is 29.4 Å². The molecule has 0 aromatic heterocycles. The summed E-state index contributed by atoms with van der Waals surface area (Å²) < 4.78 is 0. The predicted octanol–water partition coefficient (Wildman–Crippen LogP) is 4.32.